The fourth-order valence-electron chi connectivity index (χ4n) is 3.15. The molecule has 3 rings (SSSR count). The van der Waals surface area contributed by atoms with E-state index in [1.807, 2.05) is 25.1 Å². The van der Waals surface area contributed by atoms with Gasteiger partial charge in [0.15, 0.2) is 0 Å². The highest BCUT2D eigenvalue weighted by Gasteiger charge is 2.14. The summed E-state index contributed by atoms with van der Waals surface area (Å²) < 4.78 is 1.04. The van der Waals surface area contributed by atoms with Crippen molar-refractivity contribution in [2.75, 3.05) is 0 Å². The van der Waals surface area contributed by atoms with Crippen LogP contribution >= 0.6 is 11.3 Å². The van der Waals surface area contributed by atoms with Crippen LogP contribution in [0.25, 0.3) is 10.1 Å². The third-order valence-corrected chi connectivity index (χ3v) is 5.98. The van der Waals surface area contributed by atoms with Gasteiger partial charge >= 0.3 is 5.97 Å². The molecule has 2 aromatic carbocycles. The van der Waals surface area contributed by atoms with Gasteiger partial charge < -0.3 is 10.2 Å². The molecule has 0 amide bonds. The lowest BCUT2D eigenvalue weighted by Crippen LogP contribution is -1.98. The smallest absolute Gasteiger partial charge is 0.335 e. The lowest BCUT2D eigenvalue weighted by molar-refractivity contribution is 0.0697. The number of carbonyl (C=O) groups is 1. The van der Waals surface area contributed by atoms with Crippen molar-refractivity contribution in [1.29, 1.82) is 0 Å². The fourth-order valence-corrected chi connectivity index (χ4v) is 4.47. The molecule has 0 spiro atoms. The van der Waals surface area contributed by atoms with Crippen molar-refractivity contribution in [2.45, 2.75) is 39.0 Å². The minimum Gasteiger partial charge on any atom is -0.508 e. The van der Waals surface area contributed by atoms with Crippen molar-refractivity contribution >= 4 is 27.4 Å². The summed E-state index contributed by atoms with van der Waals surface area (Å²) in [7, 11) is 0. The van der Waals surface area contributed by atoms with Gasteiger partial charge in [-0.15, -0.1) is 11.3 Å². The number of benzene rings is 2. The van der Waals surface area contributed by atoms with Gasteiger partial charge in [-0.25, -0.2) is 4.79 Å². The van der Waals surface area contributed by atoms with E-state index < -0.39 is 5.97 Å². The SMILES string of the molecule is CCC(CCc1ccc(O)c(C)c1)c1cc2ccc(C(=O)O)cc2s1. The van der Waals surface area contributed by atoms with E-state index in [9.17, 15) is 9.90 Å². The summed E-state index contributed by atoms with van der Waals surface area (Å²) in [6, 6.07) is 13.3. The predicted octanol–water partition coefficient (Wildman–Crippen LogP) is 5.74. The second-order valence-electron chi connectivity index (χ2n) is 6.47. The molecule has 3 nitrogen and oxygen atoms in total. The Labute approximate surface area is 151 Å². The number of hydrogen-bond acceptors (Lipinski definition) is 3. The van der Waals surface area contributed by atoms with Gasteiger partial charge in [0, 0.05) is 9.58 Å². The highest BCUT2D eigenvalue weighted by Crippen LogP contribution is 2.35. The third kappa shape index (κ3) is 3.85. The van der Waals surface area contributed by atoms with Crippen LogP contribution < -0.4 is 0 Å². The highest BCUT2D eigenvalue weighted by atomic mass is 32.1. The van der Waals surface area contributed by atoms with Gasteiger partial charge in [0.25, 0.3) is 0 Å². The van der Waals surface area contributed by atoms with Crippen LogP contribution in [-0.2, 0) is 6.42 Å². The van der Waals surface area contributed by atoms with E-state index in [-0.39, 0.29) is 0 Å². The molecule has 1 unspecified atom stereocenters. The van der Waals surface area contributed by atoms with Gasteiger partial charge in [-0.05, 0) is 72.9 Å². The molecule has 3 aromatic rings. The fraction of sp³-hybridized carbons (Fsp3) is 0.286. The predicted molar refractivity (Wildman–Crippen MR) is 103 cm³/mol. The summed E-state index contributed by atoms with van der Waals surface area (Å²) in [4.78, 5) is 12.5. The lowest BCUT2D eigenvalue weighted by atomic mass is 9.95. The Bertz CT molecular complexity index is 911. The van der Waals surface area contributed by atoms with Crippen molar-refractivity contribution in [3.05, 3.63) is 64.0 Å². The molecular weight excluding hydrogens is 332 g/mol. The Hall–Kier alpha value is -2.33. The number of hydrogen-bond donors (Lipinski definition) is 2. The molecule has 1 atom stereocenters. The summed E-state index contributed by atoms with van der Waals surface area (Å²) in [5.74, 6) is -0.0825. The first-order chi connectivity index (χ1) is 12.0. The van der Waals surface area contributed by atoms with E-state index in [0.29, 0.717) is 17.2 Å². The topological polar surface area (TPSA) is 57.5 Å². The van der Waals surface area contributed by atoms with Crippen LogP contribution in [0.15, 0.2) is 42.5 Å². The van der Waals surface area contributed by atoms with E-state index in [1.54, 1.807) is 29.5 Å². The minimum absolute atomic E-state index is 0.341. The van der Waals surface area contributed by atoms with Gasteiger partial charge in [0.2, 0.25) is 0 Å². The molecular formula is C21H22O3S. The first-order valence-electron chi connectivity index (χ1n) is 8.53. The molecule has 0 saturated heterocycles. The molecule has 0 fully saturated rings. The number of thiophene rings is 1. The molecule has 0 aliphatic rings. The number of carboxylic acids is 1. The van der Waals surface area contributed by atoms with E-state index in [4.69, 9.17) is 5.11 Å². The second-order valence-corrected chi connectivity index (χ2v) is 7.59. The number of carboxylic acid groups (broad SMARTS) is 1. The number of phenols is 1. The summed E-state index contributed by atoms with van der Waals surface area (Å²) in [6.45, 7) is 4.11. The largest absolute Gasteiger partial charge is 0.508 e. The maximum absolute atomic E-state index is 11.1. The summed E-state index contributed by atoms with van der Waals surface area (Å²) in [5, 5.41) is 19.9. The normalized spacial score (nSPS) is 12.4. The van der Waals surface area contributed by atoms with Crippen LogP contribution in [0, 0.1) is 6.92 Å². The standard InChI is InChI=1S/C21H22O3S/c1-3-15(6-4-14-5-9-18(22)13(2)10-14)19-11-16-7-8-17(21(23)24)12-20(16)25-19/h5,7-12,15,22H,3-4,6H2,1-2H3,(H,23,24). The van der Waals surface area contributed by atoms with Crippen molar-refractivity contribution in [2.24, 2.45) is 0 Å². The molecule has 0 radical (unpaired) electrons. The number of rotatable bonds is 6. The molecule has 4 heteroatoms. The minimum atomic E-state index is -0.883. The number of fused-ring (bicyclic) bond motifs is 1. The Morgan fingerprint density at radius 1 is 1.16 bits per heavy atom. The Morgan fingerprint density at radius 3 is 2.64 bits per heavy atom. The van der Waals surface area contributed by atoms with Crippen LogP contribution in [0.4, 0.5) is 0 Å². The number of aromatic hydroxyl groups is 1. The van der Waals surface area contributed by atoms with Crippen LogP contribution in [0.3, 0.4) is 0 Å². The van der Waals surface area contributed by atoms with E-state index in [2.05, 4.69) is 13.0 Å². The molecule has 130 valence electrons. The molecule has 0 aliphatic carbocycles. The maximum atomic E-state index is 11.1. The molecule has 25 heavy (non-hydrogen) atoms. The molecule has 2 N–H and O–H groups in total. The zero-order chi connectivity index (χ0) is 18.0. The maximum Gasteiger partial charge on any atom is 0.335 e. The van der Waals surface area contributed by atoms with Crippen molar-refractivity contribution in [1.82, 2.24) is 0 Å². The van der Waals surface area contributed by atoms with E-state index in [0.717, 1.165) is 34.9 Å². The van der Waals surface area contributed by atoms with Crippen molar-refractivity contribution < 1.29 is 15.0 Å². The zero-order valence-electron chi connectivity index (χ0n) is 14.5. The van der Waals surface area contributed by atoms with Gasteiger partial charge in [-0.2, -0.15) is 0 Å². The van der Waals surface area contributed by atoms with E-state index in [1.165, 1.54) is 10.4 Å². The van der Waals surface area contributed by atoms with Crippen molar-refractivity contribution in [3.8, 4) is 5.75 Å². The second kappa shape index (κ2) is 7.28. The average Bonchev–Trinajstić information content (AvgIpc) is 3.01. The number of phenolic OH excluding ortho intramolecular Hbond substituents is 1. The van der Waals surface area contributed by atoms with Gasteiger partial charge in [-0.3, -0.25) is 0 Å². The van der Waals surface area contributed by atoms with Crippen LogP contribution in [0.2, 0.25) is 0 Å². The quantitative estimate of drug-likeness (QED) is 0.593. The van der Waals surface area contributed by atoms with Crippen LogP contribution in [0.5, 0.6) is 5.75 Å². The van der Waals surface area contributed by atoms with Gasteiger partial charge in [-0.1, -0.05) is 25.1 Å². The Kier molecular flexibility index (Phi) is 5.09. The molecule has 1 aromatic heterocycles. The van der Waals surface area contributed by atoms with Gasteiger partial charge in [0.05, 0.1) is 5.56 Å². The zero-order valence-corrected chi connectivity index (χ0v) is 15.3. The average molecular weight is 354 g/mol. The van der Waals surface area contributed by atoms with Gasteiger partial charge in [0.1, 0.15) is 5.75 Å². The molecule has 0 aliphatic heterocycles. The summed E-state index contributed by atoms with van der Waals surface area (Å²) in [5.41, 5.74) is 2.49. The third-order valence-electron chi connectivity index (χ3n) is 4.72. The number of aromatic carboxylic acids is 1. The van der Waals surface area contributed by atoms with Crippen molar-refractivity contribution in [3.63, 3.8) is 0 Å². The first-order valence-corrected chi connectivity index (χ1v) is 9.35. The number of aryl methyl sites for hydroxylation is 2. The lowest BCUT2D eigenvalue weighted by Gasteiger charge is -2.13. The highest BCUT2D eigenvalue weighted by molar-refractivity contribution is 7.19. The van der Waals surface area contributed by atoms with Crippen LogP contribution in [-0.4, -0.2) is 16.2 Å². The molecule has 0 bridgehead atoms. The summed E-state index contributed by atoms with van der Waals surface area (Å²) >= 11 is 1.70. The Morgan fingerprint density at radius 2 is 1.96 bits per heavy atom. The molecule has 0 saturated carbocycles. The molecule has 1 heterocycles. The van der Waals surface area contributed by atoms with Crippen LogP contribution in [0.1, 0.15) is 52.0 Å². The Balaban J connectivity index is 1.79. The summed E-state index contributed by atoms with van der Waals surface area (Å²) in [6.07, 6.45) is 3.06. The first kappa shape index (κ1) is 17.5. The van der Waals surface area contributed by atoms with E-state index >= 15 is 0 Å². The monoisotopic (exact) mass is 354 g/mol.